The quantitative estimate of drug-likeness (QED) is 0.678. The van der Waals surface area contributed by atoms with Gasteiger partial charge in [0.15, 0.2) is 0 Å². The molecule has 1 saturated carbocycles. The first-order valence-electron chi connectivity index (χ1n) is 6.09. The monoisotopic (exact) mass is 195 g/mol. The second-order valence-corrected chi connectivity index (χ2v) is 4.85. The molecule has 0 aromatic rings. The summed E-state index contributed by atoms with van der Waals surface area (Å²) < 4.78 is 0. The van der Waals surface area contributed by atoms with Crippen LogP contribution in [-0.4, -0.2) is 13.6 Å². The Labute approximate surface area is 89.0 Å². The number of hydrogen-bond acceptors (Lipinski definition) is 1. The van der Waals surface area contributed by atoms with Crippen LogP contribution in [-0.2, 0) is 0 Å². The fourth-order valence-electron chi connectivity index (χ4n) is 2.45. The molecule has 1 nitrogen and oxygen atoms in total. The van der Waals surface area contributed by atoms with Gasteiger partial charge in [-0.2, -0.15) is 0 Å². The maximum atomic E-state index is 3.30. The fourth-order valence-corrected chi connectivity index (χ4v) is 2.45. The molecule has 0 spiro atoms. The van der Waals surface area contributed by atoms with Crippen molar-refractivity contribution in [3.05, 3.63) is 11.6 Å². The normalized spacial score (nSPS) is 20.4. The molecule has 1 fully saturated rings. The Hall–Kier alpha value is -0.300. The van der Waals surface area contributed by atoms with Gasteiger partial charge in [-0.05, 0) is 31.7 Å². The van der Waals surface area contributed by atoms with Gasteiger partial charge in [0.2, 0.25) is 0 Å². The molecular weight excluding hydrogens is 170 g/mol. The molecule has 0 saturated heterocycles. The number of allylic oxidation sites excluding steroid dienone is 1. The zero-order valence-electron chi connectivity index (χ0n) is 9.97. The van der Waals surface area contributed by atoms with E-state index in [4.69, 9.17) is 0 Å². The highest BCUT2D eigenvalue weighted by Gasteiger charge is 2.17. The molecule has 1 N–H and O–H groups in total. The minimum absolute atomic E-state index is 0.695. The van der Waals surface area contributed by atoms with Crippen LogP contribution in [0.15, 0.2) is 11.6 Å². The summed E-state index contributed by atoms with van der Waals surface area (Å²) in [4.78, 5) is 0. The molecule has 0 radical (unpaired) electrons. The van der Waals surface area contributed by atoms with E-state index in [9.17, 15) is 0 Å². The Morgan fingerprint density at radius 2 is 1.93 bits per heavy atom. The van der Waals surface area contributed by atoms with Gasteiger partial charge in [0, 0.05) is 6.54 Å². The van der Waals surface area contributed by atoms with Crippen LogP contribution in [0, 0.1) is 11.8 Å². The molecule has 1 aliphatic rings. The fraction of sp³-hybridized carbons (Fsp3) is 0.846. The van der Waals surface area contributed by atoms with Gasteiger partial charge in [0.25, 0.3) is 0 Å². The summed E-state index contributed by atoms with van der Waals surface area (Å²) in [5.74, 6) is 1.57. The standard InChI is InChI=1S/C13H25N/c1-11(2)9-13(10-14-3)12-7-5-4-6-8-12/h9,11-12,14H,4-8,10H2,1-3H3. The summed E-state index contributed by atoms with van der Waals surface area (Å²) in [5.41, 5.74) is 1.65. The van der Waals surface area contributed by atoms with Gasteiger partial charge in [0.05, 0.1) is 0 Å². The topological polar surface area (TPSA) is 12.0 Å². The van der Waals surface area contributed by atoms with Crippen LogP contribution in [0.5, 0.6) is 0 Å². The third-order valence-corrected chi connectivity index (χ3v) is 3.06. The van der Waals surface area contributed by atoms with E-state index in [1.54, 1.807) is 5.57 Å². The molecule has 0 amide bonds. The third-order valence-electron chi connectivity index (χ3n) is 3.06. The number of nitrogens with one attached hydrogen (secondary N) is 1. The van der Waals surface area contributed by atoms with E-state index in [0.29, 0.717) is 5.92 Å². The Kier molecular flexibility index (Phi) is 5.24. The van der Waals surface area contributed by atoms with Crippen molar-refractivity contribution in [2.75, 3.05) is 13.6 Å². The first-order chi connectivity index (χ1) is 6.74. The zero-order valence-corrected chi connectivity index (χ0v) is 9.97. The lowest BCUT2D eigenvalue weighted by atomic mass is 9.82. The summed E-state index contributed by atoms with van der Waals surface area (Å²) in [7, 11) is 2.05. The van der Waals surface area contributed by atoms with E-state index in [1.807, 2.05) is 0 Å². The molecule has 82 valence electrons. The zero-order chi connectivity index (χ0) is 10.4. The van der Waals surface area contributed by atoms with Gasteiger partial charge < -0.3 is 5.32 Å². The van der Waals surface area contributed by atoms with Crippen molar-refractivity contribution in [3.63, 3.8) is 0 Å². The molecule has 0 atom stereocenters. The van der Waals surface area contributed by atoms with Crippen LogP contribution in [0.3, 0.4) is 0 Å². The van der Waals surface area contributed by atoms with E-state index in [-0.39, 0.29) is 0 Å². The lowest BCUT2D eigenvalue weighted by molar-refractivity contribution is 0.394. The lowest BCUT2D eigenvalue weighted by Gasteiger charge is -2.25. The second kappa shape index (κ2) is 6.23. The highest BCUT2D eigenvalue weighted by molar-refractivity contribution is 5.10. The minimum Gasteiger partial charge on any atom is -0.316 e. The van der Waals surface area contributed by atoms with Crippen molar-refractivity contribution in [1.82, 2.24) is 5.32 Å². The summed E-state index contributed by atoms with van der Waals surface area (Å²) in [6.07, 6.45) is 9.62. The van der Waals surface area contributed by atoms with Crippen molar-refractivity contribution in [3.8, 4) is 0 Å². The van der Waals surface area contributed by atoms with E-state index in [0.717, 1.165) is 12.5 Å². The lowest BCUT2D eigenvalue weighted by Crippen LogP contribution is -2.19. The van der Waals surface area contributed by atoms with Crippen LogP contribution >= 0.6 is 0 Å². The summed E-state index contributed by atoms with van der Waals surface area (Å²) >= 11 is 0. The molecule has 0 aromatic heterocycles. The Balaban J connectivity index is 2.55. The SMILES string of the molecule is CNCC(=CC(C)C)C1CCCCC1. The van der Waals surface area contributed by atoms with Crippen molar-refractivity contribution in [1.29, 1.82) is 0 Å². The Bertz CT molecular complexity index is 176. The second-order valence-electron chi connectivity index (χ2n) is 4.85. The van der Waals surface area contributed by atoms with Gasteiger partial charge in [-0.25, -0.2) is 0 Å². The van der Waals surface area contributed by atoms with Gasteiger partial charge in [-0.1, -0.05) is 44.8 Å². The maximum Gasteiger partial charge on any atom is 0.0164 e. The first-order valence-corrected chi connectivity index (χ1v) is 6.09. The van der Waals surface area contributed by atoms with Crippen molar-refractivity contribution in [2.24, 2.45) is 11.8 Å². The van der Waals surface area contributed by atoms with Crippen LogP contribution in [0.4, 0.5) is 0 Å². The smallest absolute Gasteiger partial charge is 0.0164 e. The van der Waals surface area contributed by atoms with Crippen molar-refractivity contribution < 1.29 is 0 Å². The summed E-state index contributed by atoms with van der Waals surface area (Å²) in [6.45, 7) is 5.64. The predicted octanol–water partition coefficient (Wildman–Crippen LogP) is 3.37. The van der Waals surface area contributed by atoms with Gasteiger partial charge in [-0.3, -0.25) is 0 Å². The van der Waals surface area contributed by atoms with E-state index in [2.05, 4.69) is 32.3 Å². The number of hydrogen-bond donors (Lipinski definition) is 1. The molecule has 0 bridgehead atoms. The average Bonchev–Trinajstić information content (AvgIpc) is 2.18. The largest absolute Gasteiger partial charge is 0.316 e. The number of likely N-dealkylation sites (N-methyl/N-ethyl adjacent to an activating group) is 1. The van der Waals surface area contributed by atoms with Crippen LogP contribution in [0.2, 0.25) is 0 Å². The average molecular weight is 195 g/mol. The molecule has 0 unspecified atom stereocenters. The molecular formula is C13H25N. The molecule has 0 aliphatic heterocycles. The summed E-state index contributed by atoms with van der Waals surface area (Å²) in [5, 5.41) is 3.30. The van der Waals surface area contributed by atoms with Gasteiger partial charge >= 0.3 is 0 Å². The molecule has 0 aromatic carbocycles. The van der Waals surface area contributed by atoms with E-state index >= 15 is 0 Å². The number of rotatable bonds is 4. The van der Waals surface area contributed by atoms with Crippen molar-refractivity contribution >= 4 is 0 Å². The Morgan fingerprint density at radius 3 is 2.43 bits per heavy atom. The summed E-state index contributed by atoms with van der Waals surface area (Å²) in [6, 6.07) is 0. The molecule has 0 heterocycles. The Morgan fingerprint density at radius 1 is 1.29 bits per heavy atom. The van der Waals surface area contributed by atoms with Crippen LogP contribution in [0.25, 0.3) is 0 Å². The van der Waals surface area contributed by atoms with Gasteiger partial charge in [-0.15, -0.1) is 0 Å². The van der Waals surface area contributed by atoms with Gasteiger partial charge in [0.1, 0.15) is 0 Å². The minimum atomic E-state index is 0.695. The molecule has 14 heavy (non-hydrogen) atoms. The van der Waals surface area contributed by atoms with Crippen LogP contribution in [0.1, 0.15) is 46.0 Å². The highest BCUT2D eigenvalue weighted by atomic mass is 14.8. The van der Waals surface area contributed by atoms with E-state index < -0.39 is 0 Å². The maximum absolute atomic E-state index is 3.30. The van der Waals surface area contributed by atoms with E-state index in [1.165, 1.54) is 32.1 Å². The molecule has 1 aliphatic carbocycles. The molecule has 1 heteroatoms. The van der Waals surface area contributed by atoms with Crippen molar-refractivity contribution in [2.45, 2.75) is 46.0 Å². The predicted molar refractivity (Wildman–Crippen MR) is 63.4 cm³/mol. The third kappa shape index (κ3) is 3.83. The first kappa shape index (κ1) is 11.8. The highest BCUT2D eigenvalue weighted by Crippen LogP contribution is 2.29. The molecule has 1 rings (SSSR count). The van der Waals surface area contributed by atoms with Crippen LogP contribution < -0.4 is 5.32 Å².